The van der Waals surface area contributed by atoms with E-state index in [0.29, 0.717) is 25.8 Å². The van der Waals surface area contributed by atoms with Crippen LogP contribution in [0.1, 0.15) is 19.8 Å². The lowest BCUT2D eigenvalue weighted by atomic mass is 10.3. The maximum absolute atomic E-state index is 11.6. The van der Waals surface area contributed by atoms with Gasteiger partial charge in [0.05, 0.1) is 32.0 Å². The molecular formula is C12H24N2O4. The third-order valence-electron chi connectivity index (χ3n) is 2.72. The second kappa shape index (κ2) is 8.42. The molecule has 18 heavy (non-hydrogen) atoms. The van der Waals surface area contributed by atoms with Crippen molar-refractivity contribution in [2.24, 2.45) is 0 Å². The number of carbonyl (C=O) groups excluding carboxylic acids is 1. The summed E-state index contributed by atoms with van der Waals surface area (Å²) in [6.45, 7) is 3.35. The maximum Gasteiger partial charge on any atom is 0.237 e. The van der Waals surface area contributed by atoms with Gasteiger partial charge in [0.25, 0.3) is 0 Å². The Kier molecular flexibility index (Phi) is 7.19. The third kappa shape index (κ3) is 6.90. The molecule has 0 saturated heterocycles. The lowest BCUT2D eigenvalue weighted by molar-refractivity contribution is -0.123. The SMILES string of the molecule is COCCOCC(O)CNC(C)C(=O)NC1CC1. The van der Waals surface area contributed by atoms with E-state index in [2.05, 4.69) is 10.6 Å². The lowest BCUT2D eigenvalue weighted by Crippen LogP contribution is -2.46. The highest BCUT2D eigenvalue weighted by molar-refractivity contribution is 5.81. The summed E-state index contributed by atoms with van der Waals surface area (Å²) in [6, 6.07) is 0.0725. The summed E-state index contributed by atoms with van der Waals surface area (Å²) in [5.41, 5.74) is 0. The van der Waals surface area contributed by atoms with Crippen LogP contribution in [0.5, 0.6) is 0 Å². The van der Waals surface area contributed by atoms with Crippen LogP contribution in [0.3, 0.4) is 0 Å². The van der Waals surface area contributed by atoms with E-state index in [1.807, 2.05) is 0 Å². The minimum atomic E-state index is -0.613. The number of nitrogens with one attached hydrogen (secondary N) is 2. The Morgan fingerprint density at radius 3 is 2.78 bits per heavy atom. The van der Waals surface area contributed by atoms with Crippen LogP contribution in [-0.4, -0.2) is 62.7 Å². The molecule has 1 amide bonds. The molecule has 0 aromatic carbocycles. The molecule has 0 bridgehead atoms. The van der Waals surface area contributed by atoms with Gasteiger partial charge < -0.3 is 25.2 Å². The number of carbonyl (C=O) groups is 1. The first-order valence-electron chi connectivity index (χ1n) is 6.42. The van der Waals surface area contributed by atoms with Gasteiger partial charge in [-0.05, 0) is 19.8 Å². The minimum absolute atomic E-state index is 0.00926. The molecule has 1 fully saturated rings. The normalized spacial score (nSPS) is 18.4. The quantitative estimate of drug-likeness (QED) is 0.451. The lowest BCUT2D eigenvalue weighted by Gasteiger charge is -2.17. The van der Waals surface area contributed by atoms with Crippen molar-refractivity contribution in [3.8, 4) is 0 Å². The average molecular weight is 260 g/mol. The predicted molar refractivity (Wildman–Crippen MR) is 67.3 cm³/mol. The Morgan fingerprint density at radius 1 is 1.44 bits per heavy atom. The standard InChI is InChI=1S/C12H24N2O4/c1-9(12(16)14-10-3-4-10)13-7-11(15)8-18-6-5-17-2/h9-11,13,15H,3-8H2,1-2H3,(H,14,16). The van der Waals surface area contributed by atoms with Crippen molar-refractivity contribution in [3.63, 3.8) is 0 Å². The Balaban J connectivity index is 2.01. The fourth-order valence-corrected chi connectivity index (χ4v) is 1.38. The van der Waals surface area contributed by atoms with Gasteiger partial charge in [-0.3, -0.25) is 4.79 Å². The van der Waals surface area contributed by atoms with Crippen molar-refractivity contribution in [1.82, 2.24) is 10.6 Å². The van der Waals surface area contributed by atoms with E-state index in [0.717, 1.165) is 12.8 Å². The summed E-state index contributed by atoms with van der Waals surface area (Å²) in [5.74, 6) is -0.00926. The summed E-state index contributed by atoms with van der Waals surface area (Å²) in [5, 5.41) is 15.5. The Hall–Kier alpha value is -0.690. The Morgan fingerprint density at radius 2 is 2.17 bits per heavy atom. The smallest absolute Gasteiger partial charge is 0.237 e. The summed E-state index contributed by atoms with van der Waals surface area (Å²) < 4.78 is 10.0. The number of aliphatic hydroxyl groups excluding tert-OH is 1. The minimum Gasteiger partial charge on any atom is -0.389 e. The largest absolute Gasteiger partial charge is 0.389 e. The molecule has 0 aliphatic heterocycles. The molecule has 6 nitrogen and oxygen atoms in total. The van der Waals surface area contributed by atoms with Gasteiger partial charge in [-0.25, -0.2) is 0 Å². The first-order valence-corrected chi connectivity index (χ1v) is 6.42. The molecule has 2 atom stereocenters. The van der Waals surface area contributed by atoms with Crippen molar-refractivity contribution < 1.29 is 19.4 Å². The van der Waals surface area contributed by atoms with Crippen molar-refractivity contribution in [2.75, 3.05) is 33.5 Å². The summed E-state index contributed by atoms with van der Waals surface area (Å²) in [4.78, 5) is 11.6. The molecule has 6 heteroatoms. The average Bonchev–Trinajstić information content (AvgIpc) is 3.15. The second-order valence-corrected chi connectivity index (χ2v) is 4.63. The van der Waals surface area contributed by atoms with E-state index >= 15 is 0 Å². The van der Waals surface area contributed by atoms with E-state index in [1.165, 1.54) is 0 Å². The van der Waals surface area contributed by atoms with Gasteiger partial charge in [-0.15, -0.1) is 0 Å². The van der Waals surface area contributed by atoms with E-state index in [1.54, 1.807) is 14.0 Å². The fourth-order valence-electron chi connectivity index (χ4n) is 1.38. The van der Waals surface area contributed by atoms with Crippen LogP contribution in [0.2, 0.25) is 0 Å². The molecule has 106 valence electrons. The molecule has 1 aliphatic carbocycles. The molecule has 0 spiro atoms. The molecule has 1 saturated carbocycles. The number of ether oxygens (including phenoxy) is 2. The van der Waals surface area contributed by atoms with Crippen LogP contribution < -0.4 is 10.6 Å². The Bertz CT molecular complexity index is 246. The summed E-state index contributed by atoms with van der Waals surface area (Å²) >= 11 is 0. The number of methoxy groups -OCH3 is 1. The van der Waals surface area contributed by atoms with Crippen LogP contribution in [0.4, 0.5) is 0 Å². The second-order valence-electron chi connectivity index (χ2n) is 4.63. The number of rotatable bonds is 10. The maximum atomic E-state index is 11.6. The van der Waals surface area contributed by atoms with E-state index < -0.39 is 6.10 Å². The number of hydrogen-bond donors (Lipinski definition) is 3. The molecule has 3 N–H and O–H groups in total. The highest BCUT2D eigenvalue weighted by Gasteiger charge is 2.25. The number of hydrogen-bond acceptors (Lipinski definition) is 5. The van der Waals surface area contributed by atoms with Crippen LogP contribution in [0, 0.1) is 0 Å². The van der Waals surface area contributed by atoms with Crippen LogP contribution >= 0.6 is 0 Å². The van der Waals surface area contributed by atoms with Gasteiger partial charge >= 0.3 is 0 Å². The van der Waals surface area contributed by atoms with E-state index in [4.69, 9.17) is 9.47 Å². The molecular weight excluding hydrogens is 236 g/mol. The van der Waals surface area contributed by atoms with Crippen molar-refractivity contribution in [2.45, 2.75) is 38.0 Å². The van der Waals surface area contributed by atoms with Gasteiger partial charge in [0, 0.05) is 19.7 Å². The van der Waals surface area contributed by atoms with Gasteiger partial charge in [-0.2, -0.15) is 0 Å². The molecule has 0 aromatic heterocycles. The summed E-state index contributed by atoms with van der Waals surface area (Å²) in [7, 11) is 1.60. The predicted octanol–water partition coefficient (Wildman–Crippen LogP) is -0.733. The number of aliphatic hydroxyl groups is 1. The van der Waals surface area contributed by atoms with E-state index in [-0.39, 0.29) is 18.6 Å². The van der Waals surface area contributed by atoms with Crippen molar-refractivity contribution >= 4 is 5.91 Å². The topological polar surface area (TPSA) is 79.8 Å². The van der Waals surface area contributed by atoms with Crippen molar-refractivity contribution in [1.29, 1.82) is 0 Å². The number of amides is 1. The van der Waals surface area contributed by atoms with Gasteiger partial charge in [0.1, 0.15) is 0 Å². The first-order chi connectivity index (χ1) is 8.63. The fraction of sp³-hybridized carbons (Fsp3) is 0.917. The van der Waals surface area contributed by atoms with Gasteiger partial charge in [0.15, 0.2) is 0 Å². The first kappa shape index (κ1) is 15.4. The Labute approximate surface area is 108 Å². The monoisotopic (exact) mass is 260 g/mol. The van der Waals surface area contributed by atoms with Crippen molar-refractivity contribution in [3.05, 3.63) is 0 Å². The van der Waals surface area contributed by atoms with Gasteiger partial charge in [-0.1, -0.05) is 0 Å². The van der Waals surface area contributed by atoms with Crippen LogP contribution in [0.15, 0.2) is 0 Å². The zero-order valence-electron chi connectivity index (χ0n) is 11.1. The highest BCUT2D eigenvalue weighted by Crippen LogP contribution is 2.18. The molecule has 0 heterocycles. The molecule has 1 aliphatic rings. The molecule has 0 aromatic rings. The molecule has 2 unspecified atom stereocenters. The molecule has 1 rings (SSSR count). The highest BCUT2D eigenvalue weighted by atomic mass is 16.5. The zero-order valence-corrected chi connectivity index (χ0v) is 11.1. The van der Waals surface area contributed by atoms with Crippen LogP contribution in [0.25, 0.3) is 0 Å². The zero-order chi connectivity index (χ0) is 13.4. The van der Waals surface area contributed by atoms with Gasteiger partial charge in [0.2, 0.25) is 5.91 Å². The molecule has 0 radical (unpaired) electrons. The third-order valence-corrected chi connectivity index (χ3v) is 2.72. The van der Waals surface area contributed by atoms with Crippen LogP contribution in [-0.2, 0) is 14.3 Å². The summed E-state index contributed by atoms with van der Waals surface area (Å²) in [6.07, 6.45) is 1.54. The van der Waals surface area contributed by atoms with E-state index in [9.17, 15) is 9.90 Å².